The normalized spacial score (nSPS) is 15.3. The van der Waals surface area contributed by atoms with Crippen LogP contribution in [0.2, 0.25) is 0 Å². The lowest BCUT2D eigenvalue weighted by Gasteiger charge is -2.26. The number of sulfonamides is 1. The van der Waals surface area contributed by atoms with Crippen LogP contribution in [0.3, 0.4) is 0 Å². The maximum Gasteiger partial charge on any atom is 0.244 e. The summed E-state index contributed by atoms with van der Waals surface area (Å²) in [5.41, 5.74) is 2.80. The summed E-state index contributed by atoms with van der Waals surface area (Å²) in [6, 6.07) is 12.7. The number of hydrogen-bond donors (Lipinski definition) is 1. The highest BCUT2D eigenvalue weighted by Crippen LogP contribution is 2.28. The van der Waals surface area contributed by atoms with Gasteiger partial charge in [0, 0.05) is 24.0 Å². The van der Waals surface area contributed by atoms with E-state index in [-0.39, 0.29) is 17.3 Å². The van der Waals surface area contributed by atoms with Gasteiger partial charge in [0.05, 0.1) is 29.1 Å². The number of aromatic nitrogens is 2. The van der Waals surface area contributed by atoms with Gasteiger partial charge < -0.3 is 14.6 Å². The molecule has 2 heterocycles. The van der Waals surface area contributed by atoms with E-state index in [4.69, 9.17) is 4.74 Å². The Kier molecular flexibility index (Phi) is 7.08. The lowest BCUT2D eigenvalue weighted by molar-refractivity contribution is -0.116. The molecule has 1 fully saturated rings. The fourth-order valence-electron chi connectivity index (χ4n) is 3.73. The van der Waals surface area contributed by atoms with Crippen molar-refractivity contribution in [2.24, 2.45) is 0 Å². The first-order chi connectivity index (χ1) is 15.8. The molecule has 1 amide bonds. The molecule has 2 aromatic carbocycles. The Bertz CT molecular complexity index is 1260. The standard InChI is InChI=1S/C23H28N4O4S2/c1-16(2)32-23-25-19-6-4-5-7-20(19)27(23)15-22(28)24-18-9-8-17(3)21(14-18)33(29,30)26-10-12-31-13-11-26/h4-9,14,16H,10-13,15H2,1-3H3,(H,24,28). The molecule has 176 valence electrons. The second-order valence-electron chi connectivity index (χ2n) is 8.18. The van der Waals surface area contributed by atoms with Crippen LogP contribution in [0.1, 0.15) is 19.4 Å². The fraction of sp³-hybridized carbons (Fsp3) is 0.391. The maximum absolute atomic E-state index is 13.1. The zero-order valence-corrected chi connectivity index (χ0v) is 20.6. The van der Waals surface area contributed by atoms with Crippen LogP contribution in [0.5, 0.6) is 0 Å². The van der Waals surface area contributed by atoms with E-state index in [9.17, 15) is 13.2 Å². The average molecular weight is 489 g/mol. The molecule has 8 nitrogen and oxygen atoms in total. The van der Waals surface area contributed by atoms with Crippen molar-refractivity contribution in [3.05, 3.63) is 48.0 Å². The number of para-hydroxylation sites is 2. The van der Waals surface area contributed by atoms with E-state index < -0.39 is 10.0 Å². The number of carbonyl (C=O) groups is 1. The Hall–Kier alpha value is -2.40. The van der Waals surface area contributed by atoms with Crippen molar-refractivity contribution in [1.82, 2.24) is 13.9 Å². The molecule has 1 aliphatic heterocycles. The van der Waals surface area contributed by atoms with Crippen molar-refractivity contribution >= 4 is 44.4 Å². The number of carbonyl (C=O) groups excluding carboxylic acids is 1. The van der Waals surface area contributed by atoms with Crippen LogP contribution in [0.25, 0.3) is 11.0 Å². The molecule has 1 saturated heterocycles. The van der Waals surface area contributed by atoms with E-state index in [0.717, 1.165) is 16.2 Å². The Morgan fingerprint density at radius 2 is 1.91 bits per heavy atom. The number of anilines is 1. The number of aryl methyl sites for hydroxylation is 1. The highest BCUT2D eigenvalue weighted by Gasteiger charge is 2.28. The minimum Gasteiger partial charge on any atom is -0.379 e. The van der Waals surface area contributed by atoms with Crippen molar-refractivity contribution < 1.29 is 17.9 Å². The zero-order valence-electron chi connectivity index (χ0n) is 18.9. The zero-order chi connectivity index (χ0) is 23.6. The van der Waals surface area contributed by atoms with Crippen molar-refractivity contribution in [2.45, 2.75) is 42.6 Å². The van der Waals surface area contributed by atoms with Crippen molar-refractivity contribution in [3.63, 3.8) is 0 Å². The van der Waals surface area contributed by atoms with Crippen LogP contribution in [0.15, 0.2) is 52.5 Å². The molecular formula is C23H28N4O4S2. The molecule has 10 heteroatoms. The summed E-state index contributed by atoms with van der Waals surface area (Å²) in [4.78, 5) is 17.8. The van der Waals surface area contributed by atoms with Gasteiger partial charge in [-0.2, -0.15) is 4.31 Å². The van der Waals surface area contributed by atoms with Gasteiger partial charge in [0.2, 0.25) is 15.9 Å². The van der Waals surface area contributed by atoms with Gasteiger partial charge in [-0.1, -0.05) is 43.8 Å². The molecule has 4 rings (SSSR count). The number of imidazole rings is 1. The van der Waals surface area contributed by atoms with Gasteiger partial charge in [0.15, 0.2) is 5.16 Å². The Morgan fingerprint density at radius 1 is 1.18 bits per heavy atom. The van der Waals surface area contributed by atoms with E-state index in [0.29, 0.717) is 42.8 Å². The van der Waals surface area contributed by atoms with Gasteiger partial charge in [-0.05, 0) is 36.8 Å². The molecular weight excluding hydrogens is 460 g/mol. The number of nitrogens with zero attached hydrogens (tertiary/aromatic N) is 3. The van der Waals surface area contributed by atoms with E-state index >= 15 is 0 Å². The Balaban J connectivity index is 1.57. The first kappa shape index (κ1) is 23.7. The molecule has 0 unspecified atom stereocenters. The molecule has 33 heavy (non-hydrogen) atoms. The van der Waals surface area contributed by atoms with Crippen LogP contribution < -0.4 is 5.32 Å². The highest BCUT2D eigenvalue weighted by atomic mass is 32.2. The number of morpholine rings is 1. The minimum absolute atomic E-state index is 0.0784. The topological polar surface area (TPSA) is 93.5 Å². The molecule has 1 aromatic heterocycles. The first-order valence-corrected chi connectivity index (χ1v) is 13.2. The van der Waals surface area contributed by atoms with E-state index in [1.54, 1.807) is 30.8 Å². The second kappa shape index (κ2) is 9.84. The molecule has 0 bridgehead atoms. The number of benzene rings is 2. The smallest absolute Gasteiger partial charge is 0.244 e. The summed E-state index contributed by atoms with van der Waals surface area (Å²) in [5, 5.41) is 3.96. The van der Waals surface area contributed by atoms with Crippen LogP contribution in [0.4, 0.5) is 5.69 Å². The largest absolute Gasteiger partial charge is 0.379 e. The van der Waals surface area contributed by atoms with Crippen LogP contribution in [-0.2, 0) is 26.1 Å². The number of thioether (sulfide) groups is 1. The summed E-state index contributed by atoms with van der Waals surface area (Å²) in [5.74, 6) is -0.248. The number of rotatable bonds is 7. The minimum atomic E-state index is -3.67. The molecule has 0 aliphatic carbocycles. The Labute approximate surface area is 198 Å². The van der Waals surface area contributed by atoms with Crippen LogP contribution in [-0.4, -0.2) is 59.7 Å². The molecule has 1 N–H and O–H groups in total. The summed E-state index contributed by atoms with van der Waals surface area (Å²) in [6.07, 6.45) is 0. The van der Waals surface area contributed by atoms with Gasteiger partial charge in [-0.15, -0.1) is 0 Å². The lowest BCUT2D eigenvalue weighted by atomic mass is 10.2. The lowest BCUT2D eigenvalue weighted by Crippen LogP contribution is -2.40. The number of ether oxygens (including phenoxy) is 1. The predicted octanol–water partition coefficient (Wildman–Crippen LogP) is 3.50. The molecule has 0 atom stereocenters. The predicted molar refractivity (Wildman–Crippen MR) is 130 cm³/mol. The molecule has 0 spiro atoms. The van der Waals surface area contributed by atoms with Gasteiger partial charge in [0.25, 0.3) is 0 Å². The van der Waals surface area contributed by atoms with E-state index in [1.807, 2.05) is 28.8 Å². The highest BCUT2D eigenvalue weighted by molar-refractivity contribution is 7.99. The van der Waals surface area contributed by atoms with Crippen molar-refractivity contribution in [3.8, 4) is 0 Å². The fourth-order valence-corrected chi connectivity index (χ4v) is 6.25. The number of hydrogen-bond acceptors (Lipinski definition) is 6. The molecule has 1 aliphatic rings. The van der Waals surface area contributed by atoms with E-state index in [1.165, 1.54) is 10.4 Å². The third-order valence-electron chi connectivity index (χ3n) is 5.32. The van der Waals surface area contributed by atoms with Crippen LogP contribution >= 0.6 is 11.8 Å². The average Bonchev–Trinajstić information content (AvgIpc) is 3.11. The third-order valence-corrected chi connectivity index (χ3v) is 8.36. The van der Waals surface area contributed by atoms with Crippen molar-refractivity contribution in [1.29, 1.82) is 0 Å². The van der Waals surface area contributed by atoms with E-state index in [2.05, 4.69) is 24.1 Å². The third kappa shape index (κ3) is 5.24. The van der Waals surface area contributed by atoms with Gasteiger partial charge in [-0.3, -0.25) is 4.79 Å². The summed E-state index contributed by atoms with van der Waals surface area (Å²) in [6.45, 7) is 7.40. The Morgan fingerprint density at radius 3 is 2.64 bits per heavy atom. The summed E-state index contributed by atoms with van der Waals surface area (Å²) >= 11 is 1.60. The number of fused-ring (bicyclic) bond motifs is 1. The monoisotopic (exact) mass is 488 g/mol. The van der Waals surface area contributed by atoms with Gasteiger partial charge >= 0.3 is 0 Å². The maximum atomic E-state index is 13.1. The molecule has 0 saturated carbocycles. The summed E-state index contributed by atoms with van der Waals surface area (Å²) < 4.78 is 34.9. The summed E-state index contributed by atoms with van der Waals surface area (Å²) in [7, 11) is -3.67. The number of amides is 1. The van der Waals surface area contributed by atoms with Gasteiger partial charge in [0.1, 0.15) is 6.54 Å². The molecule has 3 aromatic rings. The van der Waals surface area contributed by atoms with Crippen molar-refractivity contribution in [2.75, 3.05) is 31.6 Å². The number of nitrogens with one attached hydrogen (secondary N) is 1. The SMILES string of the molecule is Cc1ccc(NC(=O)Cn2c(SC(C)C)nc3ccccc32)cc1S(=O)(=O)N1CCOCC1. The molecule has 0 radical (unpaired) electrons. The van der Waals surface area contributed by atoms with Crippen LogP contribution in [0, 0.1) is 6.92 Å². The van der Waals surface area contributed by atoms with Gasteiger partial charge in [-0.25, -0.2) is 13.4 Å². The quantitative estimate of drug-likeness (QED) is 0.512. The second-order valence-corrected chi connectivity index (χ2v) is 11.6. The first-order valence-electron chi connectivity index (χ1n) is 10.9.